The van der Waals surface area contributed by atoms with Gasteiger partial charge in [-0.1, -0.05) is 6.92 Å². The Morgan fingerprint density at radius 2 is 2.11 bits per heavy atom. The number of hydrogen-bond donors (Lipinski definition) is 1. The lowest BCUT2D eigenvalue weighted by Crippen LogP contribution is -2.20. The minimum Gasteiger partial charge on any atom is -0.379 e. The average Bonchev–Trinajstić information content (AvgIpc) is 2.80. The molecule has 0 aliphatic carbocycles. The molecular formula is C14H28ClN3O. The highest BCUT2D eigenvalue weighted by Crippen LogP contribution is 2.11. The third-order valence-corrected chi connectivity index (χ3v) is 3.02. The number of nitrogens with zero attached hydrogens (tertiary/aromatic N) is 2. The molecule has 1 aromatic heterocycles. The summed E-state index contributed by atoms with van der Waals surface area (Å²) < 4.78 is 7.61. The van der Waals surface area contributed by atoms with Crippen LogP contribution in [0.2, 0.25) is 0 Å². The summed E-state index contributed by atoms with van der Waals surface area (Å²) in [6.45, 7) is 11.2. The van der Waals surface area contributed by atoms with Crippen molar-refractivity contribution in [1.29, 1.82) is 0 Å². The van der Waals surface area contributed by atoms with Gasteiger partial charge in [-0.2, -0.15) is 5.10 Å². The maximum absolute atomic E-state index is 5.50. The Balaban J connectivity index is 0.00000324. The standard InChI is InChI=1S/C14H27N3O.ClH/c1-5-13(4)17-14(7-9-16-17)11-15-8-6-10-18-12(2)3;/h7,9,12-13,15H,5-6,8,10-11H2,1-4H3;1H. The van der Waals surface area contributed by atoms with Crippen LogP contribution in [0.15, 0.2) is 12.3 Å². The van der Waals surface area contributed by atoms with Gasteiger partial charge in [0.25, 0.3) is 0 Å². The second-order valence-electron chi connectivity index (χ2n) is 4.97. The average molecular weight is 290 g/mol. The molecule has 112 valence electrons. The minimum absolute atomic E-state index is 0. The summed E-state index contributed by atoms with van der Waals surface area (Å²) in [4.78, 5) is 0. The zero-order valence-electron chi connectivity index (χ0n) is 12.6. The van der Waals surface area contributed by atoms with Crippen molar-refractivity contribution in [3.63, 3.8) is 0 Å². The molecule has 0 bridgehead atoms. The van der Waals surface area contributed by atoms with Gasteiger partial charge in [0.15, 0.2) is 0 Å². The Kier molecular flexibility index (Phi) is 9.92. The first-order valence-electron chi connectivity index (χ1n) is 6.99. The van der Waals surface area contributed by atoms with Crippen LogP contribution in [-0.2, 0) is 11.3 Å². The zero-order valence-corrected chi connectivity index (χ0v) is 13.4. The molecule has 0 aliphatic rings. The van der Waals surface area contributed by atoms with Crippen molar-refractivity contribution in [3.05, 3.63) is 18.0 Å². The van der Waals surface area contributed by atoms with Crippen LogP contribution >= 0.6 is 12.4 Å². The molecule has 1 aromatic rings. The summed E-state index contributed by atoms with van der Waals surface area (Å²) in [7, 11) is 0. The van der Waals surface area contributed by atoms with Crippen LogP contribution in [0.25, 0.3) is 0 Å². The lowest BCUT2D eigenvalue weighted by atomic mass is 10.2. The molecule has 1 unspecified atom stereocenters. The molecular weight excluding hydrogens is 262 g/mol. The molecule has 1 atom stereocenters. The highest BCUT2D eigenvalue weighted by Gasteiger charge is 2.07. The fourth-order valence-corrected chi connectivity index (χ4v) is 1.78. The topological polar surface area (TPSA) is 39.1 Å². The largest absolute Gasteiger partial charge is 0.379 e. The van der Waals surface area contributed by atoms with Gasteiger partial charge in [-0.25, -0.2) is 0 Å². The normalized spacial score (nSPS) is 12.5. The summed E-state index contributed by atoms with van der Waals surface area (Å²) in [6.07, 6.45) is 4.37. The van der Waals surface area contributed by atoms with Crippen LogP contribution in [0.1, 0.15) is 52.3 Å². The molecule has 19 heavy (non-hydrogen) atoms. The van der Waals surface area contributed by atoms with Crippen molar-refractivity contribution >= 4 is 12.4 Å². The molecule has 0 radical (unpaired) electrons. The van der Waals surface area contributed by atoms with E-state index in [0.29, 0.717) is 12.1 Å². The fourth-order valence-electron chi connectivity index (χ4n) is 1.78. The first-order chi connectivity index (χ1) is 8.65. The SMILES string of the molecule is CCC(C)n1nccc1CNCCCOC(C)C.Cl. The van der Waals surface area contributed by atoms with Crippen LogP contribution in [0, 0.1) is 0 Å². The van der Waals surface area contributed by atoms with Crippen molar-refractivity contribution in [3.8, 4) is 0 Å². The summed E-state index contributed by atoms with van der Waals surface area (Å²) in [5.41, 5.74) is 1.26. The molecule has 1 rings (SSSR count). The highest BCUT2D eigenvalue weighted by atomic mass is 35.5. The molecule has 4 nitrogen and oxygen atoms in total. The van der Waals surface area contributed by atoms with Gasteiger partial charge in [0, 0.05) is 25.4 Å². The van der Waals surface area contributed by atoms with Gasteiger partial charge in [-0.15, -0.1) is 12.4 Å². The Bertz CT molecular complexity index is 328. The van der Waals surface area contributed by atoms with Crippen molar-refractivity contribution in [2.75, 3.05) is 13.2 Å². The molecule has 5 heteroatoms. The molecule has 0 saturated heterocycles. The fraction of sp³-hybridized carbons (Fsp3) is 0.786. The molecule has 0 fully saturated rings. The maximum Gasteiger partial charge on any atom is 0.0525 e. The van der Waals surface area contributed by atoms with Crippen LogP contribution in [-0.4, -0.2) is 29.0 Å². The molecule has 0 amide bonds. The van der Waals surface area contributed by atoms with Gasteiger partial charge < -0.3 is 10.1 Å². The predicted octanol–water partition coefficient (Wildman–Crippen LogP) is 3.18. The number of halogens is 1. The van der Waals surface area contributed by atoms with Gasteiger partial charge >= 0.3 is 0 Å². The van der Waals surface area contributed by atoms with Gasteiger partial charge in [0.1, 0.15) is 0 Å². The van der Waals surface area contributed by atoms with Crippen LogP contribution in [0.3, 0.4) is 0 Å². The summed E-state index contributed by atoms with van der Waals surface area (Å²) in [6, 6.07) is 2.56. The van der Waals surface area contributed by atoms with Crippen molar-refractivity contribution < 1.29 is 4.74 Å². The Morgan fingerprint density at radius 1 is 1.37 bits per heavy atom. The molecule has 0 aromatic carbocycles. The van der Waals surface area contributed by atoms with E-state index in [4.69, 9.17) is 4.74 Å². The van der Waals surface area contributed by atoms with Crippen LogP contribution in [0.5, 0.6) is 0 Å². The van der Waals surface area contributed by atoms with E-state index >= 15 is 0 Å². The summed E-state index contributed by atoms with van der Waals surface area (Å²) in [5.74, 6) is 0. The number of ether oxygens (including phenoxy) is 1. The lowest BCUT2D eigenvalue weighted by molar-refractivity contribution is 0.0770. The maximum atomic E-state index is 5.50. The van der Waals surface area contributed by atoms with Gasteiger partial charge in [0.05, 0.1) is 11.8 Å². The van der Waals surface area contributed by atoms with E-state index in [2.05, 4.69) is 48.9 Å². The van der Waals surface area contributed by atoms with E-state index in [1.807, 2.05) is 6.20 Å². The number of hydrogen-bond acceptors (Lipinski definition) is 3. The third-order valence-electron chi connectivity index (χ3n) is 3.02. The van der Waals surface area contributed by atoms with Crippen molar-refractivity contribution in [2.45, 2.75) is 59.2 Å². The van der Waals surface area contributed by atoms with E-state index in [1.165, 1.54) is 5.69 Å². The minimum atomic E-state index is 0. The van der Waals surface area contributed by atoms with Crippen LogP contribution < -0.4 is 5.32 Å². The van der Waals surface area contributed by atoms with Crippen LogP contribution in [0.4, 0.5) is 0 Å². The molecule has 0 aliphatic heterocycles. The zero-order chi connectivity index (χ0) is 13.4. The smallest absolute Gasteiger partial charge is 0.0525 e. The molecule has 0 saturated carbocycles. The van der Waals surface area contributed by atoms with Gasteiger partial charge in [-0.05, 0) is 46.2 Å². The van der Waals surface area contributed by atoms with E-state index in [9.17, 15) is 0 Å². The Hall–Kier alpha value is -0.580. The molecule has 1 N–H and O–H groups in total. The monoisotopic (exact) mass is 289 g/mol. The number of aromatic nitrogens is 2. The van der Waals surface area contributed by atoms with E-state index < -0.39 is 0 Å². The first-order valence-corrected chi connectivity index (χ1v) is 6.99. The van der Waals surface area contributed by atoms with E-state index in [1.54, 1.807) is 0 Å². The predicted molar refractivity (Wildman–Crippen MR) is 81.9 cm³/mol. The second-order valence-corrected chi connectivity index (χ2v) is 4.97. The summed E-state index contributed by atoms with van der Waals surface area (Å²) in [5, 5.41) is 7.82. The first kappa shape index (κ1) is 18.4. The summed E-state index contributed by atoms with van der Waals surface area (Å²) >= 11 is 0. The Morgan fingerprint density at radius 3 is 2.74 bits per heavy atom. The third kappa shape index (κ3) is 6.95. The Labute approximate surface area is 123 Å². The highest BCUT2D eigenvalue weighted by molar-refractivity contribution is 5.85. The second kappa shape index (κ2) is 10.2. The van der Waals surface area contributed by atoms with Gasteiger partial charge in [0.2, 0.25) is 0 Å². The lowest BCUT2D eigenvalue weighted by Gasteiger charge is -2.14. The number of rotatable bonds is 9. The van der Waals surface area contributed by atoms with E-state index in [0.717, 1.165) is 32.5 Å². The quantitative estimate of drug-likeness (QED) is 0.710. The van der Waals surface area contributed by atoms with E-state index in [-0.39, 0.29) is 12.4 Å². The molecule has 1 heterocycles. The van der Waals surface area contributed by atoms with Gasteiger partial charge in [-0.3, -0.25) is 4.68 Å². The number of nitrogens with one attached hydrogen (secondary N) is 1. The van der Waals surface area contributed by atoms with Crippen molar-refractivity contribution in [2.24, 2.45) is 0 Å². The van der Waals surface area contributed by atoms with Crippen molar-refractivity contribution in [1.82, 2.24) is 15.1 Å². The molecule has 0 spiro atoms.